The van der Waals surface area contributed by atoms with Gasteiger partial charge in [-0.2, -0.15) is 0 Å². The number of thioether (sulfide) groups is 1. The molecule has 4 rings (SSSR count). The number of benzene rings is 2. The van der Waals surface area contributed by atoms with Crippen molar-refractivity contribution < 1.29 is 9.47 Å². The molecule has 0 amide bonds. The van der Waals surface area contributed by atoms with E-state index in [-0.39, 0.29) is 5.25 Å². The van der Waals surface area contributed by atoms with Gasteiger partial charge in [0.25, 0.3) is 0 Å². The van der Waals surface area contributed by atoms with Crippen LogP contribution in [0.2, 0.25) is 0 Å². The van der Waals surface area contributed by atoms with Crippen molar-refractivity contribution in [2.24, 2.45) is 0 Å². The summed E-state index contributed by atoms with van der Waals surface area (Å²) in [4.78, 5) is 5.65. The predicted octanol–water partition coefficient (Wildman–Crippen LogP) is 6.67. The molecule has 1 atom stereocenters. The van der Waals surface area contributed by atoms with Crippen LogP contribution in [0.4, 0.5) is 10.8 Å². The number of thiazole rings is 1. The minimum atomic E-state index is 0.00719. The Labute approximate surface area is 183 Å². The number of nitrogens with zero attached hydrogens (tertiary/aromatic N) is 1. The van der Waals surface area contributed by atoms with Crippen LogP contribution in [0.1, 0.15) is 5.69 Å². The van der Waals surface area contributed by atoms with Crippen molar-refractivity contribution in [3.8, 4) is 11.5 Å². The van der Waals surface area contributed by atoms with E-state index in [1.165, 1.54) is 0 Å². The zero-order chi connectivity index (χ0) is 20.2. The SMILES string of the molecule is C=C1SC(C(=S)OC)C=C1c1csc(Nc2ccc(Oc3ccccc3)cc2)n1. The number of ether oxygens (including phenoxy) is 2. The van der Waals surface area contributed by atoms with Gasteiger partial charge in [0.2, 0.25) is 0 Å². The summed E-state index contributed by atoms with van der Waals surface area (Å²) >= 11 is 8.39. The quantitative estimate of drug-likeness (QED) is 0.434. The number of nitrogens with one attached hydrogen (secondary N) is 1. The van der Waals surface area contributed by atoms with E-state index in [9.17, 15) is 0 Å². The highest BCUT2D eigenvalue weighted by molar-refractivity contribution is 8.06. The fraction of sp³-hybridized carbons (Fsp3) is 0.0909. The molecule has 1 unspecified atom stereocenters. The van der Waals surface area contributed by atoms with Gasteiger partial charge in [-0.3, -0.25) is 0 Å². The van der Waals surface area contributed by atoms with Crippen molar-refractivity contribution >= 4 is 56.8 Å². The first-order valence-corrected chi connectivity index (χ1v) is 11.0. The number of hydrogen-bond acceptors (Lipinski definition) is 7. The van der Waals surface area contributed by atoms with E-state index in [4.69, 9.17) is 26.7 Å². The fourth-order valence-corrected chi connectivity index (χ4v) is 4.71. The molecule has 1 N–H and O–H groups in total. The zero-order valence-corrected chi connectivity index (χ0v) is 18.1. The molecule has 0 radical (unpaired) electrons. The second kappa shape index (κ2) is 8.82. The molecule has 0 saturated heterocycles. The third-order valence-corrected chi connectivity index (χ3v) is 6.62. The molecule has 4 nitrogen and oxygen atoms in total. The lowest BCUT2D eigenvalue weighted by atomic mass is 10.1. The van der Waals surface area contributed by atoms with Crippen molar-refractivity contribution in [1.82, 2.24) is 4.98 Å². The van der Waals surface area contributed by atoms with Crippen LogP contribution < -0.4 is 10.1 Å². The summed E-state index contributed by atoms with van der Waals surface area (Å²) in [5, 5.41) is 6.73. The van der Waals surface area contributed by atoms with Gasteiger partial charge in [-0.25, -0.2) is 4.98 Å². The van der Waals surface area contributed by atoms with Gasteiger partial charge in [0, 0.05) is 21.5 Å². The van der Waals surface area contributed by atoms with Crippen molar-refractivity contribution in [2.75, 3.05) is 12.4 Å². The Hall–Kier alpha value is -2.61. The van der Waals surface area contributed by atoms with Crippen LogP contribution in [0, 0.1) is 0 Å². The third-order valence-electron chi connectivity index (χ3n) is 4.19. The van der Waals surface area contributed by atoms with E-state index < -0.39 is 0 Å². The van der Waals surface area contributed by atoms with Gasteiger partial charge >= 0.3 is 0 Å². The van der Waals surface area contributed by atoms with Crippen molar-refractivity contribution in [2.45, 2.75) is 5.25 Å². The molecular formula is C22H18N2O2S3. The molecule has 1 aliphatic rings. The zero-order valence-electron chi connectivity index (χ0n) is 15.6. The van der Waals surface area contributed by atoms with E-state index in [0.717, 1.165) is 38.5 Å². The Morgan fingerprint density at radius 1 is 1.10 bits per heavy atom. The second-order valence-corrected chi connectivity index (χ2v) is 8.66. The molecular weight excluding hydrogens is 420 g/mol. The van der Waals surface area contributed by atoms with E-state index in [2.05, 4.69) is 18.0 Å². The van der Waals surface area contributed by atoms with E-state index in [1.54, 1.807) is 30.2 Å². The van der Waals surface area contributed by atoms with Crippen LogP contribution in [0.15, 0.2) is 77.5 Å². The number of aromatic nitrogens is 1. The molecule has 0 saturated carbocycles. The molecule has 0 bridgehead atoms. The van der Waals surface area contributed by atoms with Crippen LogP contribution >= 0.6 is 35.3 Å². The van der Waals surface area contributed by atoms with Crippen LogP contribution in [-0.4, -0.2) is 22.4 Å². The molecule has 7 heteroatoms. The molecule has 3 aromatic rings. The van der Waals surface area contributed by atoms with Gasteiger partial charge in [-0.1, -0.05) is 30.9 Å². The minimum Gasteiger partial charge on any atom is -0.489 e. The smallest absolute Gasteiger partial charge is 0.187 e. The van der Waals surface area contributed by atoms with Crippen LogP contribution in [0.3, 0.4) is 0 Å². The van der Waals surface area contributed by atoms with Gasteiger partial charge < -0.3 is 14.8 Å². The largest absolute Gasteiger partial charge is 0.489 e. The summed E-state index contributed by atoms with van der Waals surface area (Å²) in [6.07, 6.45) is 2.06. The lowest BCUT2D eigenvalue weighted by Gasteiger charge is -2.07. The summed E-state index contributed by atoms with van der Waals surface area (Å²) in [5.74, 6) is 1.60. The molecule has 1 aliphatic heterocycles. The topological polar surface area (TPSA) is 43.4 Å². The van der Waals surface area contributed by atoms with Crippen molar-refractivity contribution in [3.63, 3.8) is 0 Å². The number of methoxy groups -OCH3 is 1. The van der Waals surface area contributed by atoms with Gasteiger partial charge in [0.15, 0.2) is 10.2 Å². The molecule has 1 aromatic heterocycles. The average Bonchev–Trinajstić information content (AvgIpc) is 3.36. The highest BCUT2D eigenvalue weighted by atomic mass is 32.2. The minimum absolute atomic E-state index is 0.00719. The maximum Gasteiger partial charge on any atom is 0.187 e. The maximum absolute atomic E-state index is 5.82. The van der Waals surface area contributed by atoms with Crippen LogP contribution in [0.25, 0.3) is 5.57 Å². The Morgan fingerprint density at radius 2 is 1.83 bits per heavy atom. The summed E-state index contributed by atoms with van der Waals surface area (Å²) in [7, 11) is 1.60. The Bertz CT molecular complexity index is 1060. The first-order valence-electron chi connectivity index (χ1n) is 8.84. The van der Waals surface area contributed by atoms with E-state index >= 15 is 0 Å². The standard InChI is InChI=1S/C22H18N2O2S3/c1-14-18(12-20(29-14)21(27)25-2)19-13-28-22(24-19)23-15-8-10-17(11-9-15)26-16-6-4-3-5-7-16/h3-13,20H,1H2,2H3,(H,23,24). The Balaban J connectivity index is 1.43. The number of hydrogen-bond donors (Lipinski definition) is 1. The van der Waals surface area contributed by atoms with Gasteiger partial charge in [0.1, 0.15) is 11.5 Å². The molecule has 0 spiro atoms. The molecule has 2 aromatic carbocycles. The summed E-state index contributed by atoms with van der Waals surface area (Å²) in [6.45, 7) is 4.13. The molecule has 29 heavy (non-hydrogen) atoms. The molecule has 2 heterocycles. The van der Waals surface area contributed by atoms with E-state index in [0.29, 0.717) is 5.05 Å². The summed E-state index contributed by atoms with van der Waals surface area (Å²) in [5.41, 5.74) is 2.84. The normalized spacial score (nSPS) is 15.7. The lowest BCUT2D eigenvalue weighted by Crippen LogP contribution is -2.11. The molecule has 0 aliphatic carbocycles. The number of rotatable bonds is 6. The monoisotopic (exact) mass is 438 g/mol. The highest BCUT2D eigenvalue weighted by Crippen LogP contribution is 2.42. The average molecular weight is 439 g/mol. The summed E-state index contributed by atoms with van der Waals surface area (Å²) < 4.78 is 11.0. The number of anilines is 2. The molecule has 146 valence electrons. The van der Waals surface area contributed by atoms with Gasteiger partial charge in [0.05, 0.1) is 18.1 Å². The third kappa shape index (κ3) is 4.70. The lowest BCUT2D eigenvalue weighted by molar-refractivity contribution is 0.408. The highest BCUT2D eigenvalue weighted by Gasteiger charge is 2.26. The van der Waals surface area contributed by atoms with Crippen LogP contribution in [0.5, 0.6) is 11.5 Å². The van der Waals surface area contributed by atoms with Gasteiger partial charge in [-0.05, 0) is 48.6 Å². The number of allylic oxidation sites excluding steroid dienone is 1. The first kappa shape index (κ1) is 19.7. The second-order valence-electron chi connectivity index (χ2n) is 6.17. The summed E-state index contributed by atoms with van der Waals surface area (Å²) in [6, 6.07) is 17.5. The van der Waals surface area contributed by atoms with Crippen molar-refractivity contribution in [3.05, 3.63) is 83.2 Å². The van der Waals surface area contributed by atoms with Crippen LogP contribution in [-0.2, 0) is 4.74 Å². The molecule has 0 fully saturated rings. The number of thiocarbonyl (C=S) groups is 1. The van der Waals surface area contributed by atoms with Gasteiger partial charge in [-0.15, -0.1) is 23.1 Å². The fourth-order valence-electron chi connectivity index (χ4n) is 2.76. The van der Waals surface area contributed by atoms with E-state index in [1.807, 2.05) is 60.0 Å². The Morgan fingerprint density at radius 3 is 2.55 bits per heavy atom. The Kier molecular flexibility index (Phi) is 5.99. The predicted molar refractivity (Wildman–Crippen MR) is 126 cm³/mol. The maximum atomic E-state index is 5.82. The van der Waals surface area contributed by atoms with Crippen molar-refractivity contribution in [1.29, 1.82) is 0 Å². The first-order chi connectivity index (χ1) is 14.1. The number of para-hydroxylation sites is 1.